The summed E-state index contributed by atoms with van der Waals surface area (Å²) in [7, 11) is -1.95. The molecule has 1 saturated heterocycles. The van der Waals surface area contributed by atoms with Gasteiger partial charge in [0.15, 0.2) is 0 Å². The van der Waals surface area contributed by atoms with Crippen LogP contribution in [0.2, 0.25) is 0 Å². The van der Waals surface area contributed by atoms with Gasteiger partial charge in [0.2, 0.25) is 15.9 Å². The smallest absolute Gasteiger partial charge is 0.335 e. The van der Waals surface area contributed by atoms with Gasteiger partial charge in [0, 0.05) is 19.6 Å². The molecule has 0 bridgehead atoms. The minimum absolute atomic E-state index is 0.0485. The van der Waals surface area contributed by atoms with Crippen molar-refractivity contribution < 1.29 is 22.7 Å². The third-order valence-electron chi connectivity index (χ3n) is 4.40. The van der Waals surface area contributed by atoms with Gasteiger partial charge < -0.3 is 9.64 Å². The summed E-state index contributed by atoms with van der Waals surface area (Å²) in [5, 5.41) is 0. The van der Waals surface area contributed by atoms with Crippen molar-refractivity contribution in [1.82, 2.24) is 9.21 Å². The number of hydrogen-bond donors (Lipinski definition) is 0. The number of amides is 1. The highest BCUT2D eigenvalue weighted by molar-refractivity contribution is 7.89. The Morgan fingerprint density at radius 3 is 2.74 bits per heavy atom. The first-order valence-electron chi connectivity index (χ1n) is 7.93. The fourth-order valence-electron chi connectivity index (χ4n) is 3.05. The number of nitrogens with zero attached hydrogens (tertiary/aromatic N) is 2. The Morgan fingerprint density at radius 1 is 1.35 bits per heavy atom. The number of hydrogen-bond acceptors (Lipinski definition) is 5. The van der Waals surface area contributed by atoms with E-state index in [9.17, 15) is 18.0 Å². The molecule has 1 amide bonds. The van der Waals surface area contributed by atoms with Gasteiger partial charge >= 0.3 is 5.97 Å². The van der Waals surface area contributed by atoms with E-state index in [1.165, 1.54) is 11.4 Å². The summed E-state index contributed by atoms with van der Waals surface area (Å²) in [6.45, 7) is 3.12. The van der Waals surface area contributed by atoms with Gasteiger partial charge in [-0.25, -0.2) is 17.5 Å². The number of carbonyl (C=O) groups is 2. The number of ether oxygens (including phenoxy) is 1. The third-order valence-corrected chi connectivity index (χ3v) is 6.25. The standard InChI is InChI=1S/C15H24N2O5S/c1-3-23(20,21)17-9-5-6-12(11-17)14(18)16-8-4-7-13(10-16)15(19)22-2/h7,12H,3-6,8-11H2,1-2H3. The Labute approximate surface area is 137 Å². The van der Waals surface area contributed by atoms with Crippen LogP contribution in [0.25, 0.3) is 0 Å². The average molecular weight is 344 g/mol. The molecule has 0 aliphatic carbocycles. The summed E-state index contributed by atoms with van der Waals surface area (Å²) in [6, 6.07) is 0. The lowest BCUT2D eigenvalue weighted by Gasteiger charge is -2.35. The molecule has 0 aromatic rings. The molecule has 0 aromatic heterocycles. The molecule has 1 unspecified atom stereocenters. The van der Waals surface area contributed by atoms with Crippen molar-refractivity contribution in [3.63, 3.8) is 0 Å². The number of sulfonamides is 1. The molecule has 2 heterocycles. The summed E-state index contributed by atoms with van der Waals surface area (Å²) >= 11 is 0. The van der Waals surface area contributed by atoms with Crippen LogP contribution in [0.5, 0.6) is 0 Å². The van der Waals surface area contributed by atoms with E-state index in [2.05, 4.69) is 0 Å². The van der Waals surface area contributed by atoms with E-state index in [1.807, 2.05) is 0 Å². The van der Waals surface area contributed by atoms with Crippen molar-refractivity contribution in [1.29, 1.82) is 0 Å². The molecule has 23 heavy (non-hydrogen) atoms. The van der Waals surface area contributed by atoms with Gasteiger partial charge in [-0.2, -0.15) is 0 Å². The first kappa shape index (κ1) is 17.9. The number of carbonyl (C=O) groups excluding carboxylic acids is 2. The number of methoxy groups -OCH3 is 1. The molecule has 2 aliphatic rings. The normalized spacial score (nSPS) is 23.3. The summed E-state index contributed by atoms with van der Waals surface area (Å²) < 4.78 is 30.1. The lowest BCUT2D eigenvalue weighted by molar-refractivity contribution is -0.139. The van der Waals surface area contributed by atoms with Crippen LogP contribution in [0.3, 0.4) is 0 Å². The predicted molar refractivity (Wildman–Crippen MR) is 85.1 cm³/mol. The molecular weight excluding hydrogens is 320 g/mol. The van der Waals surface area contributed by atoms with Gasteiger partial charge in [-0.05, 0) is 26.2 Å². The van der Waals surface area contributed by atoms with Crippen LogP contribution in [0.15, 0.2) is 11.6 Å². The van der Waals surface area contributed by atoms with E-state index in [0.29, 0.717) is 37.9 Å². The lowest BCUT2D eigenvalue weighted by atomic mass is 9.97. The van der Waals surface area contributed by atoms with E-state index in [1.54, 1.807) is 17.9 Å². The van der Waals surface area contributed by atoms with E-state index in [0.717, 1.165) is 0 Å². The molecule has 8 heteroatoms. The van der Waals surface area contributed by atoms with Gasteiger partial charge in [0.25, 0.3) is 0 Å². The molecule has 7 nitrogen and oxygen atoms in total. The van der Waals surface area contributed by atoms with E-state index < -0.39 is 16.0 Å². The first-order valence-corrected chi connectivity index (χ1v) is 9.54. The van der Waals surface area contributed by atoms with Crippen molar-refractivity contribution in [2.75, 3.05) is 39.0 Å². The van der Waals surface area contributed by atoms with Crippen LogP contribution in [0, 0.1) is 5.92 Å². The van der Waals surface area contributed by atoms with Crippen molar-refractivity contribution in [3.05, 3.63) is 11.6 Å². The average Bonchev–Trinajstić information content (AvgIpc) is 2.60. The zero-order valence-electron chi connectivity index (χ0n) is 13.7. The van der Waals surface area contributed by atoms with Gasteiger partial charge in [0.05, 0.1) is 30.9 Å². The van der Waals surface area contributed by atoms with E-state index in [4.69, 9.17) is 4.74 Å². The number of rotatable bonds is 4. The molecule has 0 aromatic carbocycles. The van der Waals surface area contributed by atoms with Crippen LogP contribution in [-0.4, -0.2) is 68.5 Å². The topological polar surface area (TPSA) is 84.0 Å². The predicted octanol–water partition coefficient (Wildman–Crippen LogP) is 0.380. The molecule has 0 N–H and O–H groups in total. The molecule has 2 rings (SSSR count). The van der Waals surface area contributed by atoms with Crippen molar-refractivity contribution in [2.45, 2.75) is 26.2 Å². The second-order valence-corrected chi connectivity index (χ2v) is 8.12. The molecular formula is C15H24N2O5S. The molecule has 0 radical (unpaired) electrons. The molecule has 1 fully saturated rings. The molecule has 0 spiro atoms. The van der Waals surface area contributed by atoms with Crippen LogP contribution in [0.1, 0.15) is 26.2 Å². The molecule has 1 atom stereocenters. The Balaban J connectivity index is 2.03. The van der Waals surface area contributed by atoms with Crippen molar-refractivity contribution in [2.24, 2.45) is 5.92 Å². The molecule has 0 saturated carbocycles. The van der Waals surface area contributed by atoms with Crippen LogP contribution in [0.4, 0.5) is 0 Å². The lowest BCUT2D eigenvalue weighted by Crippen LogP contribution is -2.48. The third kappa shape index (κ3) is 4.11. The number of piperidine rings is 1. The van der Waals surface area contributed by atoms with Gasteiger partial charge in [-0.1, -0.05) is 6.08 Å². The van der Waals surface area contributed by atoms with Crippen LogP contribution < -0.4 is 0 Å². The highest BCUT2D eigenvalue weighted by Gasteiger charge is 2.34. The number of esters is 1. The van der Waals surface area contributed by atoms with Crippen molar-refractivity contribution in [3.8, 4) is 0 Å². The Kier molecular flexibility index (Phi) is 5.80. The second-order valence-electron chi connectivity index (χ2n) is 5.87. The van der Waals surface area contributed by atoms with Gasteiger partial charge in [-0.15, -0.1) is 0 Å². The van der Waals surface area contributed by atoms with E-state index >= 15 is 0 Å². The summed E-state index contributed by atoms with van der Waals surface area (Å²) in [5.74, 6) is -0.772. The maximum atomic E-state index is 12.7. The fraction of sp³-hybridized carbons (Fsp3) is 0.733. The molecule has 130 valence electrons. The summed E-state index contributed by atoms with van der Waals surface area (Å²) in [4.78, 5) is 26.0. The minimum atomic E-state index is -3.27. The minimum Gasteiger partial charge on any atom is -0.466 e. The highest BCUT2D eigenvalue weighted by atomic mass is 32.2. The first-order chi connectivity index (χ1) is 10.9. The highest BCUT2D eigenvalue weighted by Crippen LogP contribution is 2.23. The quantitative estimate of drug-likeness (QED) is 0.689. The Hall–Kier alpha value is -1.41. The maximum Gasteiger partial charge on any atom is 0.335 e. The fourth-order valence-corrected chi connectivity index (χ4v) is 4.23. The molecule has 2 aliphatic heterocycles. The SMILES string of the molecule is CCS(=O)(=O)N1CCCC(C(=O)N2CCC=C(C(=O)OC)C2)C1. The van der Waals surface area contributed by atoms with Gasteiger partial charge in [-0.3, -0.25) is 4.79 Å². The largest absolute Gasteiger partial charge is 0.466 e. The van der Waals surface area contributed by atoms with Gasteiger partial charge in [0.1, 0.15) is 0 Å². The van der Waals surface area contributed by atoms with E-state index in [-0.39, 0.29) is 30.7 Å². The summed E-state index contributed by atoms with van der Waals surface area (Å²) in [6.07, 6.45) is 3.77. The second kappa shape index (κ2) is 7.44. The zero-order valence-corrected chi connectivity index (χ0v) is 14.5. The maximum absolute atomic E-state index is 12.7. The summed E-state index contributed by atoms with van der Waals surface area (Å²) in [5.41, 5.74) is 0.487. The van der Waals surface area contributed by atoms with Crippen LogP contribution >= 0.6 is 0 Å². The monoisotopic (exact) mass is 344 g/mol. The Bertz CT molecular complexity index is 599. The Morgan fingerprint density at radius 2 is 2.09 bits per heavy atom. The zero-order chi connectivity index (χ0) is 17.0. The van der Waals surface area contributed by atoms with Crippen molar-refractivity contribution >= 4 is 21.9 Å². The van der Waals surface area contributed by atoms with Crippen LogP contribution in [-0.2, 0) is 24.3 Å².